The van der Waals surface area contributed by atoms with Gasteiger partial charge in [0.2, 0.25) is 10.0 Å². The largest absolute Gasteiger partial charge is 0.481 e. The van der Waals surface area contributed by atoms with Gasteiger partial charge < -0.3 is 9.84 Å². The molecule has 1 aliphatic rings. The van der Waals surface area contributed by atoms with Gasteiger partial charge in [0, 0.05) is 33.2 Å². The molecule has 1 aliphatic heterocycles. The molecule has 0 aromatic carbocycles. The van der Waals surface area contributed by atoms with Crippen LogP contribution in [-0.2, 0) is 19.6 Å². The van der Waals surface area contributed by atoms with Crippen molar-refractivity contribution in [2.75, 3.05) is 32.6 Å². The predicted molar refractivity (Wildman–Crippen MR) is 71.4 cm³/mol. The van der Waals surface area contributed by atoms with Crippen LogP contribution in [-0.4, -0.2) is 56.4 Å². The summed E-state index contributed by atoms with van der Waals surface area (Å²) in [6.07, 6.45) is 2.85. The highest BCUT2D eigenvalue weighted by Gasteiger charge is 2.27. The van der Waals surface area contributed by atoms with Crippen LogP contribution in [0.25, 0.3) is 0 Å². The van der Waals surface area contributed by atoms with Crippen LogP contribution in [0, 0.1) is 5.92 Å². The van der Waals surface area contributed by atoms with E-state index in [1.165, 1.54) is 4.31 Å². The number of carboxylic acids is 1. The molecule has 1 rings (SSSR count). The average molecular weight is 293 g/mol. The zero-order chi connectivity index (χ0) is 14.3. The van der Waals surface area contributed by atoms with E-state index in [1.807, 2.05) is 0 Å². The fraction of sp³-hybridized carbons (Fsp3) is 0.917. The molecule has 6 nitrogen and oxygen atoms in total. The summed E-state index contributed by atoms with van der Waals surface area (Å²) in [6, 6.07) is 0. The van der Waals surface area contributed by atoms with E-state index in [0.717, 1.165) is 12.8 Å². The Hall–Kier alpha value is -0.660. The summed E-state index contributed by atoms with van der Waals surface area (Å²) in [7, 11) is -1.62. The number of nitrogens with zero attached hydrogens (tertiary/aromatic N) is 1. The highest BCUT2D eigenvalue weighted by Crippen LogP contribution is 2.23. The zero-order valence-corrected chi connectivity index (χ0v) is 12.2. The van der Waals surface area contributed by atoms with E-state index in [4.69, 9.17) is 9.84 Å². The molecule has 0 radical (unpaired) electrons. The third-order valence-corrected chi connectivity index (χ3v) is 5.44. The van der Waals surface area contributed by atoms with Crippen molar-refractivity contribution in [1.82, 2.24) is 4.31 Å². The van der Waals surface area contributed by atoms with Gasteiger partial charge in [0.15, 0.2) is 0 Å². The van der Waals surface area contributed by atoms with Crippen molar-refractivity contribution < 1.29 is 23.1 Å². The first-order chi connectivity index (χ1) is 8.95. The lowest BCUT2D eigenvalue weighted by atomic mass is 9.93. The van der Waals surface area contributed by atoms with Crippen molar-refractivity contribution in [3.05, 3.63) is 0 Å². The van der Waals surface area contributed by atoms with Crippen LogP contribution in [0.2, 0.25) is 0 Å². The summed E-state index contributed by atoms with van der Waals surface area (Å²) in [5.41, 5.74) is 0. The Morgan fingerprint density at radius 3 is 2.53 bits per heavy atom. The van der Waals surface area contributed by atoms with E-state index < -0.39 is 16.0 Å². The van der Waals surface area contributed by atoms with Crippen molar-refractivity contribution in [1.29, 1.82) is 0 Å². The van der Waals surface area contributed by atoms with E-state index in [-0.39, 0.29) is 12.2 Å². The lowest BCUT2D eigenvalue weighted by molar-refractivity contribution is -0.137. The van der Waals surface area contributed by atoms with Gasteiger partial charge in [-0.15, -0.1) is 0 Å². The number of hydrogen-bond donors (Lipinski definition) is 1. The molecule has 1 N–H and O–H groups in total. The summed E-state index contributed by atoms with van der Waals surface area (Å²) < 4.78 is 30.4. The summed E-state index contributed by atoms with van der Waals surface area (Å²) >= 11 is 0. The first-order valence-corrected chi connectivity index (χ1v) is 8.25. The third-order valence-electron chi connectivity index (χ3n) is 3.48. The lowest BCUT2D eigenvalue weighted by Gasteiger charge is -2.31. The minimum Gasteiger partial charge on any atom is -0.481 e. The van der Waals surface area contributed by atoms with Crippen molar-refractivity contribution in [2.24, 2.45) is 5.92 Å². The first kappa shape index (κ1) is 16.4. The number of ether oxygens (including phenoxy) is 1. The molecule has 7 heteroatoms. The van der Waals surface area contributed by atoms with E-state index in [2.05, 4.69) is 0 Å². The summed E-state index contributed by atoms with van der Waals surface area (Å²) in [5.74, 6) is -0.322. The van der Waals surface area contributed by atoms with Crippen LogP contribution < -0.4 is 0 Å². The second-order valence-electron chi connectivity index (χ2n) is 4.94. The van der Waals surface area contributed by atoms with Gasteiger partial charge >= 0.3 is 5.97 Å². The number of sulfonamides is 1. The minimum absolute atomic E-state index is 0.126. The standard InChI is InChI=1S/C12H23NO5S/c1-18-9-2-10-19(16,17)13-7-5-11(6-8-13)3-4-12(14)15/h11H,2-10H2,1H3,(H,14,15). The maximum Gasteiger partial charge on any atom is 0.303 e. The monoisotopic (exact) mass is 293 g/mol. The fourth-order valence-corrected chi connectivity index (χ4v) is 3.83. The van der Waals surface area contributed by atoms with Crippen molar-refractivity contribution >= 4 is 16.0 Å². The molecule has 0 unspecified atom stereocenters. The number of rotatable bonds is 8. The van der Waals surface area contributed by atoms with Gasteiger partial charge in [-0.05, 0) is 31.6 Å². The van der Waals surface area contributed by atoms with Gasteiger partial charge in [0.05, 0.1) is 5.75 Å². The molecule has 0 atom stereocenters. The number of carbonyl (C=O) groups is 1. The topological polar surface area (TPSA) is 83.9 Å². The zero-order valence-electron chi connectivity index (χ0n) is 11.4. The summed E-state index contributed by atoms with van der Waals surface area (Å²) in [5, 5.41) is 8.63. The van der Waals surface area contributed by atoms with Crippen LogP contribution in [0.4, 0.5) is 0 Å². The van der Waals surface area contributed by atoms with E-state index in [0.29, 0.717) is 38.5 Å². The van der Waals surface area contributed by atoms with Crippen LogP contribution in [0.1, 0.15) is 32.1 Å². The minimum atomic E-state index is -3.17. The molecule has 0 amide bonds. The average Bonchev–Trinajstić information content (AvgIpc) is 2.37. The smallest absolute Gasteiger partial charge is 0.303 e. The first-order valence-electron chi connectivity index (χ1n) is 6.64. The molecule has 0 aromatic rings. The van der Waals surface area contributed by atoms with E-state index in [1.54, 1.807) is 7.11 Å². The fourth-order valence-electron chi connectivity index (χ4n) is 2.32. The number of aliphatic carboxylic acids is 1. The Morgan fingerprint density at radius 1 is 1.37 bits per heavy atom. The maximum atomic E-state index is 12.0. The van der Waals surface area contributed by atoms with Gasteiger partial charge in [-0.1, -0.05) is 0 Å². The molecular weight excluding hydrogens is 270 g/mol. The Labute approximate surface area is 114 Å². The number of carboxylic acid groups (broad SMARTS) is 1. The van der Waals surface area contributed by atoms with Crippen LogP contribution in [0.15, 0.2) is 0 Å². The quantitative estimate of drug-likeness (QED) is 0.673. The summed E-state index contributed by atoms with van der Waals surface area (Å²) in [4.78, 5) is 10.5. The van der Waals surface area contributed by atoms with Crippen LogP contribution >= 0.6 is 0 Å². The Balaban J connectivity index is 2.34. The molecule has 0 aromatic heterocycles. The van der Waals surface area contributed by atoms with Crippen LogP contribution in [0.3, 0.4) is 0 Å². The molecule has 0 saturated carbocycles. The normalized spacial score (nSPS) is 18.6. The molecule has 0 aliphatic carbocycles. The molecule has 1 heterocycles. The van der Waals surface area contributed by atoms with Gasteiger partial charge in [0.25, 0.3) is 0 Å². The van der Waals surface area contributed by atoms with Gasteiger partial charge in [-0.25, -0.2) is 12.7 Å². The molecule has 1 fully saturated rings. The highest BCUT2D eigenvalue weighted by atomic mass is 32.2. The SMILES string of the molecule is COCCCS(=O)(=O)N1CCC(CCC(=O)O)CC1. The number of piperidine rings is 1. The second kappa shape index (κ2) is 7.81. The number of methoxy groups -OCH3 is 1. The van der Waals surface area contributed by atoms with Crippen molar-refractivity contribution in [2.45, 2.75) is 32.1 Å². The Kier molecular flexibility index (Phi) is 6.74. The maximum absolute atomic E-state index is 12.0. The van der Waals surface area contributed by atoms with Gasteiger partial charge in [0.1, 0.15) is 0 Å². The van der Waals surface area contributed by atoms with E-state index >= 15 is 0 Å². The molecule has 0 spiro atoms. The van der Waals surface area contributed by atoms with Gasteiger partial charge in [-0.2, -0.15) is 0 Å². The Bertz CT molecular complexity index is 374. The molecule has 112 valence electrons. The second-order valence-corrected chi connectivity index (χ2v) is 7.03. The third kappa shape index (κ3) is 5.88. The predicted octanol–water partition coefficient (Wildman–Crippen LogP) is 0.929. The lowest BCUT2D eigenvalue weighted by Crippen LogP contribution is -2.40. The number of hydrogen-bond acceptors (Lipinski definition) is 4. The van der Waals surface area contributed by atoms with E-state index in [9.17, 15) is 13.2 Å². The van der Waals surface area contributed by atoms with Crippen LogP contribution in [0.5, 0.6) is 0 Å². The summed E-state index contributed by atoms with van der Waals surface area (Å²) in [6.45, 7) is 1.48. The molecule has 0 bridgehead atoms. The molecular formula is C12H23NO5S. The molecule has 19 heavy (non-hydrogen) atoms. The highest BCUT2D eigenvalue weighted by molar-refractivity contribution is 7.89. The van der Waals surface area contributed by atoms with Crippen molar-refractivity contribution in [3.63, 3.8) is 0 Å². The molecule has 1 saturated heterocycles. The Morgan fingerprint density at radius 2 is 2.00 bits per heavy atom. The van der Waals surface area contributed by atoms with Crippen molar-refractivity contribution in [3.8, 4) is 0 Å². The van der Waals surface area contributed by atoms with Gasteiger partial charge in [-0.3, -0.25) is 4.79 Å².